The highest BCUT2D eigenvalue weighted by molar-refractivity contribution is 7.13. The number of hydrogen-bond acceptors (Lipinski definition) is 6. The molecule has 0 aromatic carbocycles. The number of hydrogen-bond donors (Lipinski definition) is 1. The van der Waals surface area contributed by atoms with Crippen LogP contribution in [0.25, 0.3) is 0 Å². The lowest BCUT2D eigenvalue weighted by Gasteiger charge is -2.08. The summed E-state index contributed by atoms with van der Waals surface area (Å²) < 4.78 is 10.4. The molecular weight excluding hydrogens is 252 g/mol. The lowest BCUT2D eigenvalue weighted by Crippen LogP contribution is -2.12. The van der Waals surface area contributed by atoms with E-state index in [1.807, 2.05) is 0 Å². The first-order valence-electron chi connectivity index (χ1n) is 6.27. The number of nitrogens with zero attached hydrogens (tertiary/aromatic N) is 1. The summed E-state index contributed by atoms with van der Waals surface area (Å²) in [6, 6.07) is 0. The van der Waals surface area contributed by atoms with Crippen LogP contribution < -0.4 is 5.32 Å². The fraction of sp³-hybridized carbons (Fsp3) is 0.667. The molecule has 0 saturated carbocycles. The normalized spacial score (nSPS) is 18.8. The Morgan fingerprint density at radius 2 is 2.61 bits per heavy atom. The smallest absolute Gasteiger partial charge is 0.357 e. The topological polar surface area (TPSA) is 60.5 Å². The molecule has 1 aromatic heterocycles. The van der Waals surface area contributed by atoms with E-state index >= 15 is 0 Å². The second kappa shape index (κ2) is 6.70. The van der Waals surface area contributed by atoms with Crippen molar-refractivity contribution in [2.24, 2.45) is 0 Å². The molecule has 100 valence electrons. The van der Waals surface area contributed by atoms with E-state index in [1.165, 1.54) is 11.3 Å². The summed E-state index contributed by atoms with van der Waals surface area (Å²) in [4.78, 5) is 15.6. The quantitative estimate of drug-likeness (QED) is 0.804. The minimum atomic E-state index is -0.360. The van der Waals surface area contributed by atoms with Crippen LogP contribution in [0.4, 0.5) is 5.13 Å². The van der Waals surface area contributed by atoms with E-state index in [2.05, 4.69) is 10.3 Å². The van der Waals surface area contributed by atoms with E-state index in [0.717, 1.165) is 37.5 Å². The summed E-state index contributed by atoms with van der Waals surface area (Å²) in [7, 11) is 0. The number of carbonyl (C=O) groups excluding carboxylic acids is 1. The van der Waals surface area contributed by atoms with Gasteiger partial charge in [-0.15, -0.1) is 11.3 Å². The van der Waals surface area contributed by atoms with E-state index in [-0.39, 0.29) is 5.97 Å². The zero-order valence-corrected chi connectivity index (χ0v) is 11.3. The van der Waals surface area contributed by atoms with Gasteiger partial charge in [0, 0.05) is 18.5 Å². The van der Waals surface area contributed by atoms with Crippen molar-refractivity contribution in [2.75, 3.05) is 25.1 Å². The SMILES string of the molecule is CCOC(=O)c1csc(NCCC2CCCO2)n1. The molecule has 0 radical (unpaired) electrons. The largest absolute Gasteiger partial charge is 0.461 e. The molecule has 1 aliphatic rings. The van der Waals surface area contributed by atoms with E-state index in [4.69, 9.17) is 9.47 Å². The number of thiazole rings is 1. The highest BCUT2D eigenvalue weighted by Crippen LogP contribution is 2.18. The zero-order chi connectivity index (χ0) is 12.8. The molecule has 1 aliphatic heterocycles. The summed E-state index contributed by atoms with van der Waals surface area (Å²) >= 11 is 1.42. The molecule has 0 amide bonds. The molecule has 1 N–H and O–H groups in total. The second-order valence-corrected chi connectivity index (χ2v) is 4.97. The van der Waals surface area contributed by atoms with Crippen molar-refractivity contribution >= 4 is 22.4 Å². The van der Waals surface area contributed by atoms with Crippen molar-refractivity contribution < 1.29 is 14.3 Å². The van der Waals surface area contributed by atoms with E-state index in [0.29, 0.717) is 18.4 Å². The molecular formula is C12H18N2O3S. The van der Waals surface area contributed by atoms with Crippen LogP contribution in [0.2, 0.25) is 0 Å². The van der Waals surface area contributed by atoms with Crippen molar-refractivity contribution in [2.45, 2.75) is 32.3 Å². The number of carbonyl (C=O) groups is 1. The van der Waals surface area contributed by atoms with Crippen molar-refractivity contribution in [3.05, 3.63) is 11.1 Å². The van der Waals surface area contributed by atoms with Crippen LogP contribution in [-0.2, 0) is 9.47 Å². The molecule has 5 nitrogen and oxygen atoms in total. The molecule has 0 bridgehead atoms. The van der Waals surface area contributed by atoms with Gasteiger partial charge in [0.05, 0.1) is 12.7 Å². The summed E-state index contributed by atoms with van der Waals surface area (Å²) in [5.41, 5.74) is 0.376. The van der Waals surface area contributed by atoms with Gasteiger partial charge in [-0.05, 0) is 26.2 Å². The molecule has 6 heteroatoms. The Balaban J connectivity index is 1.74. The summed E-state index contributed by atoms with van der Waals surface area (Å²) in [6.45, 7) is 3.86. The standard InChI is InChI=1S/C12H18N2O3S/c1-2-16-11(15)10-8-18-12(14-10)13-6-5-9-4-3-7-17-9/h8-9H,2-7H2,1H3,(H,13,14). The van der Waals surface area contributed by atoms with Crippen LogP contribution in [0, 0.1) is 0 Å². The lowest BCUT2D eigenvalue weighted by atomic mass is 10.2. The molecule has 18 heavy (non-hydrogen) atoms. The van der Waals surface area contributed by atoms with Gasteiger partial charge in [0.1, 0.15) is 0 Å². The van der Waals surface area contributed by atoms with E-state index < -0.39 is 0 Å². The number of esters is 1. The van der Waals surface area contributed by atoms with Crippen LogP contribution in [-0.4, -0.2) is 36.8 Å². The number of rotatable bonds is 6. The van der Waals surface area contributed by atoms with Gasteiger partial charge >= 0.3 is 5.97 Å². The molecule has 2 rings (SSSR count). The number of aromatic nitrogens is 1. The molecule has 1 atom stereocenters. The predicted octanol–water partition coefficient (Wildman–Crippen LogP) is 2.30. The maximum absolute atomic E-state index is 11.4. The Hall–Kier alpha value is -1.14. The van der Waals surface area contributed by atoms with Gasteiger partial charge < -0.3 is 14.8 Å². The van der Waals surface area contributed by atoms with Crippen LogP contribution in [0.15, 0.2) is 5.38 Å². The van der Waals surface area contributed by atoms with E-state index in [1.54, 1.807) is 12.3 Å². The average molecular weight is 270 g/mol. The first-order valence-corrected chi connectivity index (χ1v) is 7.15. The van der Waals surface area contributed by atoms with Crippen molar-refractivity contribution in [1.29, 1.82) is 0 Å². The maximum atomic E-state index is 11.4. The van der Waals surface area contributed by atoms with Crippen LogP contribution in [0.3, 0.4) is 0 Å². The Bertz CT molecular complexity index is 388. The van der Waals surface area contributed by atoms with Gasteiger partial charge in [0.15, 0.2) is 10.8 Å². The molecule has 1 fully saturated rings. The maximum Gasteiger partial charge on any atom is 0.357 e. The first-order chi connectivity index (χ1) is 8.79. The average Bonchev–Trinajstić information content (AvgIpc) is 3.00. The van der Waals surface area contributed by atoms with Crippen LogP contribution in [0.5, 0.6) is 0 Å². The first kappa shape index (κ1) is 13.3. The highest BCUT2D eigenvalue weighted by Gasteiger charge is 2.15. The van der Waals surface area contributed by atoms with Gasteiger partial charge in [-0.2, -0.15) is 0 Å². The van der Waals surface area contributed by atoms with Gasteiger partial charge in [-0.25, -0.2) is 9.78 Å². The van der Waals surface area contributed by atoms with Crippen LogP contribution in [0.1, 0.15) is 36.7 Å². The number of nitrogens with one attached hydrogen (secondary N) is 1. The Morgan fingerprint density at radius 1 is 1.72 bits per heavy atom. The number of ether oxygens (including phenoxy) is 2. The molecule has 1 aromatic rings. The minimum Gasteiger partial charge on any atom is -0.461 e. The van der Waals surface area contributed by atoms with Gasteiger partial charge in [-0.1, -0.05) is 0 Å². The minimum absolute atomic E-state index is 0.360. The molecule has 0 spiro atoms. The van der Waals surface area contributed by atoms with Crippen molar-refractivity contribution in [1.82, 2.24) is 4.98 Å². The monoisotopic (exact) mass is 270 g/mol. The molecule has 1 saturated heterocycles. The van der Waals surface area contributed by atoms with Gasteiger partial charge in [-0.3, -0.25) is 0 Å². The van der Waals surface area contributed by atoms with Crippen molar-refractivity contribution in [3.63, 3.8) is 0 Å². The summed E-state index contributed by atoms with van der Waals surface area (Å²) in [5.74, 6) is -0.360. The Labute approximate surface area is 111 Å². The second-order valence-electron chi connectivity index (χ2n) is 4.11. The molecule has 0 aliphatic carbocycles. The fourth-order valence-corrected chi connectivity index (χ4v) is 2.57. The van der Waals surface area contributed by atoms with E-state index in [9.17, 15) is 4.79 Å². The van der Waals surface area contributed by atoms with Gasteiger partial charge in [0.2, 0.25) is 0 Å². The summed E-state index contributed by atoms with van der Waals surface area (Å²) in [6.07, 6.45) is 3.67. The molecule has 1 unspecified atom stereocenters. The van der Waals surface area contributed by atoms with Gasteiger partial charge in [0.25, 0.3) is 0 Å². The Kier molecular flexibility index (Phi) is 4.95. The fourth-order valence-electron chi connectivity index (χ4n) is 1.87. The summed E-state index contributed by atoms with van der Waals surface area (Å²) in [5, 5.41) is 5.68. The molecule has 2 heterocycles. The number of anilines is 1. The predicted molar refractivity (Wildman–Crippen MR) is 70.2 cm³/mol. The highest BCUT2D eigenvalue weighted by atomic mass is 32.1. The van der Waals surface area contributed by atoms with Crippen LogP contribution >= 0.6 is 11.3 Å². The van der Waals surface area contributed by atoms with Crippen molar-refractivity contribution in [3.8, 4) is 0 Å². The third-order valence-corrected chi connectivity index (χ3v) is 3.56. The zero-order valence-electron chi connectivity index (χ0n) is 10.5. The third-order valence-electron chi connectivity index (χ3n) is 2.76. The lowest BCUT2D eigenvalue weighted by molar-refractivity contribution is 0.0520. The third kappa shape index (κ3) is 3.68. The Morgan fingerprint density at radius 3 is 3.33 bits per heavy atom.